The number of hydrogen-bond acceptors (Lipinski definition) is 5. The van der Waals surface area contributed by atoms with Crippen LogP contribution < -0.4 is 10.6 Å². The van der Waals surface area contributed by atoms with E-state index < -0.39 is 36.3 Å². The van der Waals surface area contributed by atoms with Crippen molar-refractivity contribution >= 4 is 17.9 Å². The third kappa shape index (κ3) is 6.95. The number of aliphatic hydroxyl groups is 1. The minimum Gasteiger partial charge on any atom is -0.444 e. The van der Waals surface area contributed by atoms with E-state index in [1.165, 1.54) is 4.90 Å². The van der Waals surface area contributed by atoms with Gasteiger partial charge in [0.25, 0.3) is 0 Å². The van der Waals surface area contributed by atoms with Crippen LogP contribution in [0.15, 0.2) is 24.3 Å². The first-order valence-corrected chi connectivity index (χ1v) is 11.2. The predicted molar refractivity (Wildman–Crippen MR) is 122 cm³/mol. The van der Waals surface area contributed by atoms with Crippen LogP contribution in [-0.2, 0) is 14.3 Å². The molecule has 1 aromatic carbocycles. The summed E-state index contributed by atoms with van der Waals surface area (Å²) in [5.41, 5.74) is 0.976. The number of nitrogens with zero attached hydrogens (tertiary/aromatic N) is 1. The third-order valence-corrected chi connectivity index (χ3v) is 5.24. The molecule has 1 fully saturated rings. The van der Waals surface area contributed by atoms with Crippen molar-refractivity contribution in [3.8, 4) is 0 Å². The molecule has 2 rings (SSSR count). The lowest BCUT2D eigenvalue weighted by Gasteiger charge is -2.43. The molecule has 1 aliphatic carbocycles. The molecule has 32 heavy (non-hydrogen) atoms. The number of alkyl carbamates (subject to hydrolysis) is 1. The first-order chi connectivity index (χ1) is 14.9. The molecular formula is C24H37N3O5. The van der Waals surface area contributed by atoms with Crippen LogP contribution in [0.5, 0.6) is 0 Å². The van der Waals surface area contributed by atoms with Crippen LogP contribution in [0.2, 0.25) is 0 Å². The highest BCUT2D eigenvalue weighted by Crippen LogP contribution is 2.34. The van der Waals surface area contributed by atoms with Crippen molar-refractivity contribution in [2.24, 2.45) is 0 Å². The fourth-order valence-corrected chi connectivity index (χ4v) is 3.55. The average molecular weight is 448 g/mol. The number of aryl methyl sites for hydroxylation is 1. The quantitative estimate of drug-likeness (QED) is 0.568. The standard InChI is InChI=1S/C24H37N3O5/c1-15(2)25-21(29)20(17-12-10-16(3)11-13-17)27(18-8-7-9-18)22(30)19(14-28)26-23(31)32-24(4,5)6/h10-13,15,18-20,28H,7-9,14H2,1-6H3,(H,25,29)(H,26,31). The number of ether oxygens (including phenoxy) is 1. The average Bonchev–Trinajstić information content (AvgIpc) is 2.63. The van der Waals surface area contributed by atoms with E-state index in [2.05, 4.69) is 10.6 Å². The predicted octanol–water partition coefficient (Wildman–Crippen LogP) is 2.83. The van der Waals surface area contributed by atoms with Gasteiger partial charge >= 0.3 is 6.09 Å². The molecule has 0 spiro atoms. The fourth-order valence-electron chi connectivity index (χ4n) is 3.55. The lowest BCUT2D eigenvalue weighted by Crippen LogP contribution is -2.58. The lowest BCUT2D eigenvalue weighted by molar-refractivity contribution is -0.148. The van der Waals surface area contributed by atoms with Gasteiger partial charge in [0.15, 0.2) is 0 Å². The number of carbonyl (C=O) groups is 3. The molecule has 2 unspecified atom stereocenters. The summed E-state index contributed by atoms with van der Waals surface area (Å²) in [6.45, 7) is 10.2. The summed E-state index contributed by atoms with van der Waals surface area (Å²) in [6.07, 6.45) is 1.67. The van der Waals surface area contributed by atoms with Gasteiger partial charge in [0, 0.05) is 12.1 Å². The van der Waals surface area contributed by atoms with Crippen molar-refractivity contribution in [1.29, 1.82) is 0 Å². The summed E-state index contributed by atoms with van der Waals surface area (Å²) in [5, 5.41) is 15.3. The molecule has 8 heteroatoms. The molecule has 0 saturated heterocycles. The van der Waals surface area contributed by atoms with Crippen LogP contribution in [0.4, 0.5) is 4.79 Å². The van der Waals surface area contributed by atoms with Gasteiger partial charge < -0.3 is 25.4 Å². The Morgan fingerprint density at radius 1 is 1.12 bits per heavy atom. The fraction of sp³-hybridized carbons (Fsp3) is 0.625. The van der Waals surface area contributed by atoms with E-state index in [0.717, 1.165) is 24.8 Å². The zero-order chi connectivity index (χ0) is 24.1. The number of nitrogens with one attached hydrogen (secondary N) is 2. The normalized spacial score (nSPS) is 16.0. The molecule has 2 atom stereocenters. The molecule has 1 saturated carbocycles. The molecule has 1 aliphatic rings. The van der Waals surface area contributed by atoms with Crippen LogP contribution >= 0.6 is 0 Å². The van der Waals surface area contributed by atoms with Gasteiger partial charge in [-0.2, -0.15) is 0 Å². The Morgan fingerprint density at radius 3 is 2.16 bits per heavy atom. The molecule has 0 aliphatic heterocycles. The number of carbonyl (C=O) groups excluding carboxylic acids is 3. The molecule has 3 amide bonds. The lowest BCUT2D eigenvalue weighted by atomic mass is 9.88. The minimum atomic E-state index is -1.22. The van der Waals surface area contributed by atoms with Crippen LogP contribution in [0, 0.1) is 6.92 Å². The second kappa shape index (κ2) is 10.8. The van der Waals surface area contributed by atoms with Crippen LogP contribution in [0.3, 0.4) is 0 Å². The number of hydrogen-bond donors (Lipinski definition) is 3. The van der Waals surface area contributed by atoms with E-state index in [0.29, 0.717) is 5.56 Å². The van der Waals surface area contributed by atoms with Gasteiger partial charge in [-0.25, -0.2) is 4.79 Å². The second-order valence-electron chi connectivity index (χ2n) is 9.69. The monoisotopic (exact) mass is 447 g/mol. The highest BCUT2D eigenvalue weighted by Gasteiger charge is 2.41. The van der Waals surface area contributed by atoms with Gasteiger partial charge in [-0.3, -0.25) is 9.59 Å². The highest BCUT2D eigenvalue weighted by molar-refractivity contribution is 5.92. The summed E-state index contributed by atoms with van der Waals surface area (Å²) >= 11 is 0. The number of aliphatic hydroxyl groups excluding tert-OH is 1. The van der Waals surface area contributed by atoms with Gasteiger partial charge in [-0.1, -0.05) is 29.8 Å². The Bertz CT molecular complexity index is 797. The van der Waals surface area contributed by atoms with Crippen molar-refractivity contribution in [1.82, 2.24) is 15.5 Å². The van der Waals surface area contributed by atoms with Crippen molar-refractivity contribution in [3.63, 3.8) is 0 Å². The van der Waals surface area contributed by atoms with E-state index in [1.807, 2.05) is 45.0 Å². The molecule has 0 aromatic heterocycles. The maximum Gasteiger partial charge on any atom is 0.408 e. The maximum atomic E-state index is 13.6. The van der Waals surface area contributed by atoms with E-state index in [4.69, 9.17) is 4.74 Å². The number of benzene rings is 1. The molecule has 178 valence electrons. The van der Waals surface area contributed by atoms with Gasteiger partial charge in [-0.15, -0.1) is 0 Å². The minimum absolute atomic E-state index is 0.109. The summed E-state index contributed by atoms with van der Waals surface area (Å²) in [4.78, 5) is 40.7. The largest absolute Gasteiger partial charge is 0.444 e. The molecule has 0 bridgehead atoms. The molecule has 0 heterocycles. The summed E-state index contributed by atoms with van der Waals surface area (Å²) < 4.78 is 5.25. The van der Waals surface area contributed by atoms with Crippen LogP contribution in [0.1, 0.15) is 71.0 Å². The number of amides is 3. The second-order valence-corrected chi connectivity index (χ2v) is 9.69. The SMILES string of the molecule is Cc1ccc(C(C(=O)NC(C)C)N(C(=O)C(CO)NC(=O)OC(C)(C)C)C2CCC2)cc1. The van der Waals surface area contributed by atoms with E-state index in [1.54, 1.807) is 20.8 Å². The first kappa shape index (κ1) is 25.6. The Hall–Kier alpha value is -2.61. The van der Waals surface area contributed by atoms with Crippen molar-refractivity contribution in [2.45, 2.75) is 90.6 Å². The Morgan fingerprint density at radius 2 is 1.72 bits per heavy atom. The zero-order valence-corrected chi connectivity index (χ0v) is 20.0. The van der Waals surface area contributed by atoms with Gasteiger partial charge in [0.2, 0.25) is 11.8 Å². The topological polar surface area (TPSA) is 108 Å². The summed E-state index contributed by atoms with van der Waals surface area (Å²) in [5.74, 6) is -0.800. The van der Waals surface area contributed by atoms with Gasteiger partial charge in [0.1, 0.15) is 17.7 Å². The number of rotatable bonds is 8. The first-order valence-electron chi connectivity index (χ1n) is 11.2. The van der Waals surface area contributed by atoms with Crippen molar-refractivity contribution in [2.75, 3.05) is 6.61 Å². The summed E-state index contributed by atoms with van der Waals surface area (Å²) in [7, 11) is 0. The van der Waals surface area contributed by atoms with E-state index in [-0.39, 0.29) is 18.0 Å². The van der Waals surface area contributed by atoms with Crippen LogP contribution in [-0.4, -0.2) is 58.2 Å². The molecule has 8 nitrogen and oxygen atoms in total. The smallest absolute Gasteiger partial charge is 0.408 e. The Kier molecular flexibility index (Phi) is 8.66. The highest BCUT2D eigenvalue weighted by atomic mass is 16.6. The van der Waals surface area contributed by atoms with E-state index >= 15 is 0 Å². The Labute approximate surface area is 190 Å². The van der Waals surface area contributed by atoms with Crippen molar-refractivity contribution < 1.29 is 24.2 Å². The van der Waals surface area contributed by atoms with Gasteiger partial charge in [-0.05, 0) is 66.4 Å². The van der Waals surface area contributed by atoms with Gasteiger partial charge in [0.05, 0.1) is 6.61 Å². The maximum absolute atomic E-state index is 13.6. The zero-order valence-electron chi connectivity index (χ0n) is 20.0. The molecule has 3 N–H and O–H groups in total. The molecule has 1 aromatic rings. The molecular weight excluding hydrogens is 410 g/mol. The molecule has 0 radical (unpaired) electrons. The van der Waals surface area contributed by atoms with Crippen molar-refractivity contribution in [3.05, 3.63) is 35.4 Å². The third-order valence-electron chi connectivity index (χ3n) is 5.24. The Balaban J connectivity index is 2.39. The van der Waals surface area contributed by atoms with Crippen LogP contribution in [0.25, 0.3) is 0 Å². The summed E-state index contributed by atoms with van der Waals surface area (Å²) in [6, 6.07) is 5.13. The van der Waals surface area contributed by atoms with E-state index in [9.17, 15) is 19.5 Å².